The Labute approximate surface area is 124 Å². The van der Waals surface area contributed by atoms with Crippen LogP contribution >= 0.6 is 0 Å². The zero-order chi connectivity index (χ0) is 15.4. The van der Waals surface area contributed by atoms with Gasteiger partial charge in [0.25, 0.3) is 0 Å². The maximum atomic E-state index is 12.6. The Balaban J connectivity index is 2.17. The molecule has 1 aromatic rings. The first-order chi connectivity index (χ1) is 9.97. The largest absolute Gasteiger partial charge is 0.480 e. The van der Waals surface area contributed by atoms with Crippen LogP contribution in [0.25, 0.3) is 0 Å². The van der Waals surface area contributed by atoms with Gasteiger partial charge in [-0.2, -0.15) is 0 Å². The molecule has 1 aliphatic carbocycles. The van der Waals surface area contributed by atoms with E-state index in [-0.39, 0.29) is 24.4 Å². The van der Waals surface area contributed by atoms with E-state index in [1.165, 1.54) is 4.90 Å². The van der Waals surface area contributed by atoms with E-state index in [0.29, 0.717) is 5.69 Å². The fourth-order valence-electron chi connectivity index (χ4n) is 2.74. The highest BCUT2D eigenvalue weighted by molar-refractivity contribution is 5.98. The van der Waals surface area contributed by atoms with Gasteiger partial charge in [-0.15, -0.1) is 0 Å². The van der Waals surface area contributed by atoms with Gasteiger partial charge in [0.1, 0.15) is 6.54 Å². The number of carbonyl (C=O) groups excluding carboxylic acids is 1. The van der Waals surface area contributed by atoms with Gasteiger partial charge in [-0.1, -0.05) is 17.7 Å². The summed E-state index contributed by atoms with van der Waals surface area (Å²) in [4.78, 5) is 25.1. The zero-order valence-corrected chi connectivity index (χ0v) is 12.3. The van der Waals surface area contributed by atoms with Crippen LogP contribution in [0, 0.1) is 12.8 Å². The van der Waals surface area contributed by atoms with Crippen molar-refractivity contribution in [1.82, 2.24) is 0 Å². The van der Waals surface area contributed by atoms with Crippen LogP contribution in [0.3, 0.4) is 0 Å². The summed E-state index contributed by atoms with van der Waals surface area (Å²) in [5.74, 6) is -1.23. The number of hydrogen-bond acceptors (Lipinski definition) is 3. The molecule has 0 radical (unpaired) electrons. The van der Waals surface area contributed by atoms with E-state index < -0.39 is 5.97 Å². The second-order valence-electron chi connectivity index (χ2n) is 5.77. The number of carbonyl (C=O) groups is 2. The highest BCUT2D eigenvalue weighted by Gasteiger charge is 2.30. The molecular formula is C16H22N2O3. The van der Waals surface area contributed by atoms with Gasteiger partial charge in [0, 0.05) is 17.6 Å². The van der Waals surface area contributed by atoms with Crippen LogP contribution in [-0.4, -0.2) is 29.6 Å². The van der Waals surface area contributed by atoms with E-state index >= 15 is 0 Å². The number of amides is 1. The lowest BCUT2D eigenvalue weighted by atomic mass is 9.85. The normalized spacial score (nSPS) is 21.8. The molecule has 3 N–H and O–H groups in total. The Morgan fingerprint density at radius 1 is 1.19 bits per heavy atom. The number of aryl methyl sites for hydroxylation is 1. The van der Waals surface area contributed by atoms with Crippen molar-refractivity contribution in [1.29, 1.82) is 0 Å². The van der Waals surface area contributed by atoms with Gasteiger partial charge in [-0.25, -0.2) is 0 Å². The standard InChI is InChI=1S/C16H22N2O3/c1-11-2-8-14(9-3-11)18(10-15(19)20)16(21)12-4-6-13(17)7-5-12/h2-3,8-9,12-13H,4-7,10,17H2,1H3,(H,19,20). The van der Waals surface area contributed by atoms with Crippen LogP contribution in [0.1, 0.15) is 31.2 Å². The minimum absolute atomic E-state index is 0.104. The van der Waals surface area contributed by atoms with Crippen molar-refractivity contribution in [3.05, 3.63) is 29.8 Å². The Morgan fingerprint density at radius 2 is 1.76 bits per heavy atom. The van der Waals surface area contributed by atoms with Gasteiger partial charge in [0.05, 0.1) is 0 Å². The summed E-state index contributed by atoms with van der Waals surface area (Å²) < 4.78 is 0. The first-order valence-electron chi connectivity index (χ1n) is 7.33. The third-order valence-corrected chi connectivity index (χ3v) is 4.03. The fourth-order valence-corrected chi connectivity index (χ4v) is 2.74. The van der Waals surface area contributed by atoms with Crippen LogP contribution in [0.15, 0.2) is 24.3 Å². The first kappa shape index (κ1) is 15.5. The summed E-state index contributed by atoms with van der Waals surface area (Å²) in [7, 11) is 0. The Kier molecular flexibility index (Phi) is 4.96. The van der Waals surface area contributed by atoms with Crippen molar-refractivity contribution in [3.63, 3.8) is 0 Å². The molecule has 0 atom stereocenters. The smallest absolute Gasteiger partial charge is 0.323 e. The second-order valence-corrected chi connectivity index (χ2v) is 5.77. The third kappa shape index (κ3) is 4.04. The topological polar surface area (TPSA) is 83.6 Å². The van der Waals surface area contributed by atoms with Gasteiger partial charge in [-0.3, -0.25) is 9.59 Å². The third-order valence-electron chi connectivity index (χ3n) is 4.03. The predicted molar refractivity (Wildman–Crippen MR) is 81.1 cm³/mol. The summed E-state index contributed by atoms with van der Waals surface area (Å²) in [6.45, 7) is 1.65. The fraction of sp³-hybridized carbons (Fsp3) is 0.500. The summed E-state index contributed by atoms with van der Waals surface area (Å²) in [5, 5.41) is 9.08. The average molecular weight is 290 g/mol. The summed E-state index contributed by atoms with van der Waals surface area (Å²) in [5.41, 5.74) is 7.58. The highest BCUT2D eigenvalue weighted by Crippen LogP contribution is 2.27. The number of carboxylic acid groups (broad SMARTS) is 1. The molecule has 5 heteroatoms. The van der Waals surface area contributed by atoms with Crippen molar-refractivity contribution >= 4 is 17.6 Å². The molecule has 1 saturated carbocycles. The Hall–Kier alpha value is -1.88. The number of rotatable bonds is 4. The van der Waals surface area contributed by atoms with Crippen LogP contribution < -0.4 is 10.6 Å². The molecule has 0 aromatic heterocycles. The molecule has 5 nitrogen and oxygen atoms in total. The monoisotopic (exact) mass is 290 g/mol. The molecule has 0 heterocycles. The number of benzene rings is 1. The molecule has 0 unspecified atom stereocenters. The lowest BCUT2D eigenvalue weighted by molar-refractivity contribution is -0.137. The van der Waals surface area contributed by atoms with Crippen molar-refractivity contribution < 1.29 is 14.7 Å². The van der Waals surface area contributed by atoms with Crippen molar-refractivity contribution in [3.8, 4) is 0 Å². The number of aliphatic carboxylic acids is 1. The first-order valence-corrected chi connectivity index (χ1v) is 7.33. The number of carboxylic acids is 1. The van der Waals surface area contributed by atoms with E-state index in [9.17, 15) is 9.59 Å². The van der Waals surface area contributed by atoms with E-state index in [2.05, 4.69) is 0 Å². The summed E-state index contributed by atoms with van der Waals surface area (Å²) >= 11 is 0. The van der Waals surface area contributed by atoms with E-state index in [1.54, 1.807) is 12.1 Å². The van der Waals surface area contributed by atoms with Crippen LogP contribution in [-0.2, 0) is 9.59 Å². The quantitative estimate of drug-likeness (QED) is 0.887. The van der Waals surface area contributed by atoms with Crippen LogP contribution in [0.2, 0.25) is 0 Å². The molecule has 0 bridgehead atoms. The highest BCUT2D eigenvalue weighted by atomic mass is 16.4. The predicted octanol–water partition coefficient (Wildman–Crippen LogP) is 1.93. The van der Waals surface area contributed by atoms with E-state index in [4.69, 9.17) is 10.8 Å². The van der Waals surface area contributed by atoms with E-state index in [1.807, 2.05) is 19.1 Å². The number of hydrogen-bond donors (Lipinski definition) is 2. The van der Waals surface area contributed by atoms with Gasteiger partial charge < -0.3 is 15.7 Å². The average Bonchev–Trinajstić information content (AvgIpc) is 2.46. The Morgan fingerprint density at radius 3 is 2.29 bits per heavy atom. The molecule has 114 valence electrons. The minimum atomic E-state index is -1.00. The summed E-state index contributed by atoms with van der Waals surface area (Å²) in [6.07, 6.45) is 3.13. The molecule has 0 spiro atoms. The molecule has 1 fully saturated rings. The molecular weight excluding hydrogens is 268 g/mol. The molecule has 1 amide bonds. The Bertz CT molecular complexity index is 505. The SMILES string of the molecule is Cc1ccc(N(CC(=O)O)C(=O)C2CCC(N)CC2)cc1. The molecule has 21 heavy (non-hydrogen) atoms. The van der Waals surface area contributed by atoms with Gasteiger partial charge >= 0.3 is 5.97 Å². The lowest BCUT2D eigenvalue weighted by Crippen LogP contribution is -2.42. The number of anilines is 1. The van der Waals surface area contributed by atoms with Crippen molar-refractivity contribution in [2.75, 3.05) is 11.4 Å². The zero-order valence-electron chi connectivity index (χ0n) is 12.3. The van der Waals surface area contributed by atoms with Crippen molar-refractivity contribution in [2.24, 2.45) is 11.7 Å². The number of nitrogens with zero attached hydrogens (tertiary/aromatic N) is 1. The van der Waals surface area contributed by atoms with Gasteiger partial charge in [0.2, 0.25) is 5.91 Å². The van der Waals surface area contributed by atoms with Gasteiger partial charge in [0.15, 0.2) is 0 Å². The second kappa shape index (κ2) is 6.72. The molecule has 1 aromatic carbocycles. The number of nitrogens with two attached hydrogens (primary N) is 1. The lowest BCUT2D eigenvalue weighted by Gasteiger charge is -2.30. The summed E-state index contributed by atoms with van der Waals surface area (Å²) in [6, 6.07) is 7.53. The van der Waals surface area contributed by atoms with Crippen LogP contribution in [0.4, 0.5) is 5.69 Å². The minimum Gasteiger partial charge on any atom is -0.480 e. The maximum Gasteiger partial charge on any atom is 0.323 e. The molecule has 2 rings (SSSR count). The maximum absolute atomic E-state index is 12.6. The molecule has 0 aliphatic heterocycles. The van der Waals surface area contributed by atoms with Gasteiger partial charge in [-0.05, 0) is 44.7 Å². The molecule has 0 saturated heterocycles. The van der Waals surface area contributed by atoms with Crippen LogP contribution in [0.5, 0.6) is 0 Å². The van der Waals surface area contributed by atoms with Crippen molar-refractivity contribution in [2.45, 2.75) is 38.6 Å². The van der Waals surface area contributed by atoms with E-state index in [0.717, 1.165) is 31.2 Å². The molecule has 1 aliphatic rings.